The van der Waals surface area contributed by atoms with Gasteiger partial charge in [-0.05, 0) is 43.0 Å². The van der Waals surface area contributed by atoms with Gasteiger partial charge >= 0.3 is 6.18 Å². The summed E-state index contributed by atoms with van der Waals surface area (Å²) < 4.78 is 35.8. The maximum atomic E-state index is 11.9. The predicted octanol–water partition coefficient (Wildman–Crippen LogP) is 3.48. The lowest BCUT2D eigenvalue weighted by atomic mass is 10.1. The van der Waals surface area contributed by atoms with Gasteiger partial charge in [-0.3, -0.25) is 0 Å². The van der Waals surface area contributed by atoms with Crippen LogP contribution in [0.2, 0.25) is 0 Å². The van der Waals surface area contributed by atoms with Crippen LogP contribution >= 0.6 is 0 Å². The molecule has 2 rings (SSSR count). The van der Waals surface area contributed by atoms with Crippen LogP contribution in [0.5, 0.6) is 0 Å². The Labute approximate surface area is 111 Å². The van der Waals surface area contributed by atoms with E-state index in [1.54, 1.807) is 0 Å². The number of rotatable bonds is 6. The fraction of sp³-hybridized carbons (Fsp3) is 0.571. The number of fused-ring (bicyclic) bond motifs is 1. The predicted molar refractivity (Wildman–Crippen MR) is 70.2 cm³/mol. The van der Waals surface area contributed by atoms with Gasteiger partial charge in [-0.15, -0.1) is 0 Å². The van der Waals surface area contributed by atoms with Crippen LogP contribution < -0.4 is 10.6 Å². The zero-order valence-corrected chi connectivity index (χ0v) is 10.8. The third kappa shape index (κ3) is 4.74. The molecule has 5 heteroatoms. The molecule has 0 radical (unpaired) electrons. The maximum absolute atomic E-state index is 11.9. The van der Waals surface area contributed by atoms with Crippen molar-refractivity contribution in [2.45, 2.75) is 38.4 Å². The Balaban J connectivity index is 1.63. The molecule has 1 aromatic rings. The summed E-state index contributed by atoms with van der Waals surface area (Å²) in [6, 6.07) is 6.32. The number of halogens is 3. The van der Waals surface area contributed by atoms with Crippen molar-refractivity contribution >= 4 is 5.69 Å². The molecule has 1 heterocycles. The van der Waals surface area contributed by atoms with Crippen molar-refractivity contribution in [1.82, 2.24) is 5.32 Å². The van der Waals surface area contributed by atoms with Gasteiger partial charge in [0, 0.05) is 25.2 Å². The third-order valence-corrected chi connectivity index (χ3v) is 3.28. The van der Waals surface area contributed by atoms with Crippen molar-refractivity contribution in [2.24, 2.45) is 0 Å². The molecule has 0 aromatic heterocycles. The van der Waals surface area contributed by atoms with Crippen LogP contribution in [-0.4, -0.2) is 19.3 Å². The summed E-state index contributed by atoms with van der Waals surface area (Å²) in [5, 5.41) is 6.50. The standard InChI is InChI=1S/C14H19F3N2/c15-14(16,17)6-1-2-7-18-10-11-3-4-12-5-8-19-13(12)9-11/h3-4,9,18-19H,1-2,5-8,10H2. The molecule has 1 aliphatic heterocycles. The van der Waals surface area contributed by atoms with E-state index in [0.29, 0.717) is 19.5 Å². The minimum absolute atomic E-state index is 0.197. The molecule has 0 aliphatic carbocycles. The highest BCUT2D eigenvalue weighted by atomic mass is 19.4. The summed E-state index contributed by atoms with van der Waals surface area (Å²) in [4.78, 5) is 0. The second-order valence-electron chi connectivity index (χ2n) is 4.92. The van der Waals surface area contributed by atoms with Gasteiger partial charge < -0.3 is 10.6 Å². The van der Waals surface area contributed by atoms with Gasteiger partial charge in [0.1, 0.15) is 0 Å². The molecule has 106 valence electrons. The molecule has 0 saturated carbocycles. The zero-order valence-electron chi connectivity index (χ0n) is 10.8. The van der Waals surface area contributed by atoms with Gasteiger partial charge in [-0.1, -0.05) is 12.1 Å². The largest absolute Gasteiger partial charge is 0.389 e. The Hall–Kier alpha value is -1.23. The minimum atomic E-state index is -4.02. The Kier molecular flexibility index (Phi) is 4.69. The van der Waals surface area contributed by atoms with E-state index in [9.17, 15) is 13.2 Å². The normalized spacial score (nSPS) is 14.3. The molecule has 1 aliphatic rings. The van der Waals surface area contributed by atoms with Gasteiger partial charge in [0.25, 0.3) is 0 Å². The fourth-order valence-corrected chi connectivity index (χ4v) is 2.26. The third-order valence-electron chi connectivity index (χ3n) is 3.28. The first-order chi connectivity index (χ1) is 9.04. The zero-order chi connectivity index (χ0) is 13.7. The van der Waals surface area contributed by atoms with Crippen molar-refractivity contribution in [3.05, 3.63) is 29.3 Å². The van der Waals surface area contributed by atoms with E-state index in [4.69, 9.17) is 0 Å². The smallest absolute Gasteiger partial charge is 0.384 e. The number of nitrogens with one attached hydrogen (secondary N) is 2. The number of anilines is 1. The lowest BCUT2D eigenvalue weighted by Crippen LogP contribution is -2.16. The highest BCUT2D eigenvalue weighted by Crippen LogP contribution is 2.23. The first-order valence-electron chi connectivity index (χ1n) is 6.68. The second-order valence-corrected chi connectivity index (χ2v) is 4.92. The van der Waals surface area contributed by atoms with Crippen LogP contribution in [0.4, 0.5) is 18.9 Å². The van der Waals surface area contributed by atoms with Crippen LogP contribution in [0.15, 0.2) is 18.2 Å². The van der Waals surface area contributed by atoms with E-state index >= 15 is 0 Å². The van der Waals surface area contributed by atoms with E-state index in [2.05, 4.69) is 28.8 Å². The Morgan fingerprint density at radius 2 is 2.05 bits per heavy atom. The minimum Gasteiger partial charge on any atom is -0.384 e. The van der Waals surface area contributed by atoms with Gasteiger partial charge in [-0.25, -0.2) is 0 Å². The summed E-state index contributed by atoms with van der Waals surface area (Å²) in [5.74, 6) is 0. The van der Waals surface area contributed by atoms with Crippen molar-refractivity contribution in [2.75, 3.05) is 18.4 Å². The molecule has 0 spiro atoms. The Morgan fingerprint density at radius 3 is 2.84 bits per heavy atom. The number of hydrogen-bond acceptors (Lipinski definition) is 2. The number of benzene rings is 1. The molecule has 2 N–H and O–H groups in total. The van der Waals surface area contributed by atoms with Crippen LogP contribution in [0.1, 0.15) is 30.4 Å². The number of hydrogen-bond donors (Lipinski definition) is 2. The van der Waals surface area contributed by atoms with E-state index in [1.807, 2.05) is 0 Å². The summed E-state index contributed by atoms with van der Waals surface area (Å²) >= 11 is 0. The van der Waals surface area contributed by atoms with Crippen molar-refractivity contribution in [3.63, 3.8) is 0 Å². The molecule has 19 heavy (non-hydrogen) atoms. The van der Waals surface area contributed by atoms with E-state index in [-0.39, 0.29) is 6.42 Å². The summed E-state index contributed by atoms with van der Waals surface area (Å²) in [7, 11) is 0. The maximum Gasteiger partial charge on any atom is 0.389 e. The van der Waals surface area contributed by atoms with Gasteiger partial charge in [0.2, 0.25) is 0 Å². The molecule has 0 atom stereocenters. The monoisotopic (exact) mass is 272 g/mol. The highest BCUT2D eigenvalue weighted by Gasteiger charge is 2.25. The van der Waals surface area contributed by atoms with E-state index in [0.717, 1.165) is 13.0 Å². The topological polar surface area (TPSA) is 24.1 Å². The van der Waals surface area contributed by atoms with Gasteiger partial charge in [0.05, 0.1) is 0 Å². The molecule has 0 fully saturated rings. The lowest BCUT2D eigenvalue weighted by molar-refractivity contribution is -0.135. The van der Waals surface area contributed by atoms with Crippen molar-refractivity contribution in [1.29, 1.82) is 0 Å². The van der Waals surface area contributed by atoms with E-state index in [1.165, 1.54) is 16.8 Å². The summed E-state index contributed by atoms with van der Waals surface area (Å²) in [5.41, 5.74) is 3.70. The van der Waals surface area contributed by atoms with Crippen LogP contribution in [0.3, 0.4) is 0 Å². The van der Waals surface area contributed by atoms with Crippen LogP contribution in [0, 0.1) is 0 Å². The number of alkyl halides is 3. The summed E-state index contributed by atoms with van der Waals surface area (Å²) in [6.07, 6.45) is -2.88. The first kappa shape index (κ1) is 14.2. The lowest BCUT2D eigenvalue weighted by Gasteiger charge is -2.08. The quantitative estimate of drug-likeness (QED) is 0.775. The number of unbranched alkanes of at least 4 members (excludes halogenated alkanes) is 1. The Bertz CT molecular complexity index is 416. The molecule has 0 unspecified atom stereocenters. The molecule has 0 saturated heterocycles. The van der Waals surface area contributed by atoms with Crippen LogP contribution in [-0.2, 0) is 13.0 Å². The van der Waals surface area contributed by atoms with Crippen molar-refractivity contribution in [3.8, 4) is 0 Å². The van der Waals surface area contributed by atoms with Crippen molar-refractivity contribution < 1.29 is 13.2 Å². The molecular formula is C14H19F3N2. The molecular weight excluding hydrogens is 253 g/mol. The summed E-state index contributed by atoms with van der Waals surface area (Å²) in [6.45, 7) is 2.32. The highest BCUT2D eigenvalue weighted by molar-refractivity contribution is 5.56. The molecule has 1 aromatic carbocycles. The average molecular weight is 272 g/mol. The first-order valence-corrected chi connectivity index (χ1v) is 6.68. The fourth-order valence-electron chi connectivity index (χ4n) is 2.26. The molecule has 0 amide bonds. The van der Waals surface area contributed by atoms with E-state index < -0.39 is 12.6 Å². The van der Waals surface area contributed by atoms with Gasteiger partial charge in [-0.2, -0.15) is 13.2 Å². The van der Waals surface area contributed by atoms with Crippen LogP contribution in [0.25, 0.3) is 0 Å². The average Bonchev–Trinajstić information content (AvgIpc) is 2.79. The molecule has 0 bridgehead atoms. The SMILES string of the molecule is FC(F)(F)CCCCNCc1ccc2c(c1)NCC2. The molecule has 2 nitrogen and oxygen atoms in total. The second kappa shape index (κ2) is 6.28. The Morgan fingerprint density at radius 1 is 1.21 bits per heavy atom. The van der Waals surface area contributed by atoms with Gasteiger partial charge in [0.15, 0.2) is 0 Å².